The van der Waals surface area contributed by atoms with E-state index in [4.69, 9.17) is 0 Å². The molecule has 0 aliphatic rings. The minimum absolute atomic E-state index is 0.0946. The van der Waals surface area contributed by atoms with Crippen LogP contribution in [0, 0.1) is 0 Å². The topological polar surface area (TPSA) is 80.5 Å². The van der Waals surface area contributed by atoms with Crippen LogP contribution in [-0.2, 0) is 15.5 Å². The highest BCUT2D eigenvalue weighted by Crippen LogP contribution is 2.13. The van der Waals surface area contributed by atoms with Gasteiger partial charge in [-0.1, -0.05) is 0 Å². The van der Waals surface area contributed by atoms with E-state index in [0.717, 1.165) is 0 Å². The Labute approximate surface area is 92.9 Å². The minimum atomic E-state index is -2.70. The van der Waals surface area contributed by atoms with Crippen LogP contribution in [0.1, 0.15) is 6.92 Å². The summed E-state index contributed by atoms with van der Waals surface area (Å²) in [6.45, 7) is 1.38. The lowest BCUT2D eigenvalue weighted by Crippen LogP contribution is -2.06. The number of nitrogens with zero attached hydrogens (tertiary/aromatic N) is 2. The van der Waals surface area contributed by atoms with E-state index in [9.17, 15) is 13.2 Å². The molecule has 2 heterocycles. The smallest absolute Gasteiger partial charge is 0.221 e. The summed E-state index contributed by atoms with van der Waals surface area (Å²) < 4.78 is 23.2. The SMILES string of the molecule is CC(=O)Nc1ccc2ncc([SH](=O)=O)n2c1. The van der Waals surface area contributed by atoms with Crippen LogP contribution in [0.3, 0.4) is 0 Å². The molecule has 6 nitrogen and oxygen atoms in total. The predicted octanol–water partition coefficient (Wildman–Crippen LogP) is 0.263. The van der Waals surface area contributed by atoms with Crippen molar-refractivity contribution in [2.24, 2.45) is 0 Å². The molecular weight excluding hydrogens is 230 g/mol. The van der Waals surface area contributed by atoms with Crippen molar-refractivity contribution in [3.63, 3.8) is 0 Å². The lowest BCUT2D eigenvalue weighted by atomic mass is 10.4. The van der Waals surface area contributed by atoms with Gasteiger partial charge in [0.2, 0.25) is 5.91 Å². The first-order valence-corrected chi connectivity index (χ1v) is 5.65. The van der Waals surface area contributed by atoms with Crippen LogP contribution in [0.25, 0.3) is 5.65 Å². The third-order valence-corrected chi connectivity index (χ3v) is 2.70. The Bertz CT molecular complexity index is 622. The second kappa shape index (κ2) is 3.93. The van der Waals surface area contributed by atoms with Crippen LogP contribution >= 0.6 is 0 Å². The molecule has 0 bridgehead atoms. The fraction of sp³-hybridized carbons (Fsp3) is 0.111. The number of rotatable bonds is 2. The molecule has 0 aliphatic carbocycles. The molecule has 2 aromatic heterocycles. The number of thiol groups is 1. The van der Waals surface area contributed by atoms with Crippen molar-refractivity contribution in [1.82, 2.24) is 9.38 Å². The Morgan fingerprint density at radius 2 is 2.19 bits per heavy atom. The molecule has 1 N–H and O–H groups in total. The molecule has 0 atom stereocenters. The second-order valence-electron chi connectivity index (χ2n) is 3.20. The summed E-state index contributed by atoms with van der Waals surface area (Å²) in [6, 6.07) is 3.29. The van der Waals surface area contributed by atoms with Crippen molar-refractivity contribution in [2.75, 3.05) is 5.32 Å². The molecule has 0 saturated heterocycles. The molecule has 2 aromatic rings. The number of carbonyl (C=O) groups excluding carboxylic acids is 1. The third kappa shape index (κ3) is 1.89. The number of hydrogen-bond acceptors (Lipinski definition) is 4. The number of pyridine rings is 1. The molecule has 0 aromatic carbocycles. The quantitative estimate of drug-likeness (QED) is 0.737. The van der Waals surface area contributed by atoms with E-state index in [1.807, 2.05) is 0 Å². The zero-order valence-corrected chi connectivity index (χ0v) is 9.27. The van der Waals surface area contributed by atoms with Crippen LogP contribution in [0.4, 0.5) is 5.69 Å². The zero-order valence-electron chi connectivity index (χ0n) is 8.38. The van der Waals surface area contributed by atoms with Gasteiger partial charge < -0.3 is 5.32 Å². The summed E-state index contributed by atoms with van der Waals surface area (Å²) in [5.41, 5.74) is 1.04. The number of carbonyl (C=O) groups is 1. The summed E-state index contributed by atoms with van der Waals surface area (Å²) >= 11 is 0. The van der Waals surface area contributed by atoms with Gasteiger partial charge in [0.05, 0.1) is 11.9 Å². The minimum Gasteiger partial charge on any atom is -0.325 e. The van der Waals surface area contributed by atoms with Gasteiger partial charge in [-0.3, -0.25) is 9.20 Å². The Morgan fingerprint density at radius 1 is 1.44 bits per heavy atom. The molecule has 1 amide bonds. The summed E-state index contributed by atoms with van der Waals surface area (Å²) in [7, 11) is -2.70. The number of hydrogen-bond donors (Lipinski definition) is 2. The lowest BCUT2D eigenvalue weighted by Gasteiger charge is -2.02. The standard InChI is InChI=1S/C9H9N3O3S/c1-6(13)11-7-2-3-8-10-4-9(16(14)15)12(8)5-7/h2-5,16H,1H3,(H,11,13). The Hall–Kier alpha value is -1.89. The molecular formula is C9H9N3O3S. The van der Waals surface area contributed by atoms with Crippen LogP contribution in [-0.4, -0.2) is 23.7 Å². The van der Waals surface area contributed by atoms with E-state index >= 15 is 0 Å². The molecule has 2 rings (SSSR count). The molecule has 0 saturated carbocycles. The van der Waals surface area contributed by atoms with Crippen LogP contribution < -0.4 is 5.32 Å². The predicted molar refractivity (Wildman–Crippen MR) is 58.1 cm³/mol. The Kier molecular flexibility index (Phi) is 2.61. The van der Waals surface area contributed by atoms with E-state index in [0.29, 0.717) is 11.3 Å². The number of anilines is 1. The molecule has 0 radical (unpaired) electrons. The monoisotopic (exact) mass is 239 g/mol. The molecule has 0 spiro atoms. The lowest BCUT2D eigenvalue weighted by molar-refractivity contribution is -0.114. The van der Waals surface area contributed by atoms with E-state index in [1.165, 1.54) is 23.7 Å². The number of nitrogens with one attached hydrogen (secondary N) is 1. The van der Waals surface area contributed by atoms with Gasteiger partial charge >= 0.3 is 0 Å². The molecule has 0 fully saturated rings. The largest absolute Gasteiger partial charge is 0.325 e. The normalized spacial score (nSPS) is 10.9. The van der Waals surface area contributed by atoms with Gasteiger partial charge in [-0.2, -0.15) is 0 Å². The van der Waals surface area contributed by atoms with Crippen molar-refractivity contribution >= 4 is 27.9 Å². The van der Waals surface area contributed by atoms with Crippen molar-refractivity contribution in [3.05, 3.63) is 24.5 Å². The fourth-order valence-electron chi connectivity index (χ4n) is 1.38. The number of amides is 1. The van der Waals surface area contributed by atoms with Crippen LogP contribution in [0.2, 0.25) is 0 Å². The van der Waals surface area contributed by atoms with Gasteiger partial charge in [-0.15, -0.1) is 0 Å². The maximum Gasteiger partial charge on any atom is 0.221 e. The highest BCUT2D eigenvalue weighted by atomic mass is 32.2. The second-order valence-corrected chi connectivity index (χ2v) is 4.17. The van der Waals surface area contributed by atoms with Gasteiger partial charge in [0.25, 0.3) is 0 Å². The summed E-state index contributed by atoms with van der Waals surface area (Å²) in [6.07, 6.45) is 2.79. The Morgan fingerprint density at radius 3 is 2.81 bits per heavy atom. The fourth-order valence-corrected chi connectivity index (χ4v) is 1.87. The van der Waals surface area contributed by atoms with Gasteiger partial charge in [0, 0.05) is 13.1 Å². The van der Waals surface area contributed by atoms with Gasteiger partial charge in [-0.25, -0.2) is 13.4 Å². The summed E-state index contributed by atoms with van der Waals surface area (Å²) in [4.78, 5) is 14.8. The van der Waals surface area contributed by atoms with Crippen molar-refractivity contribution in [2.45, 2.75) is 11.9 Å². The maximum atomic E-state index is 10.9. The van der Waals surface area contributed by atoms with E-state index in [2.05, 4.69) is 10.3 Å². The highest BCUT2D eigenvalue weighted by molar-refractivity contribution is 7.72. The summed E-state index contributed by atoms with van der Waals surface area (Å²) in [5, 5.41) is 2.66. The zero-order chi connectivity index (χ0) is 11.7. The highest BCUT2D eigenvalue weighted by Gasteiger charge is 2.06. The van der Waals surface area contributed by atoms with Crippen molar-refractivity contribution in [3.8, 4) is 0 Å². The average Bonchev–Trinajstić information content (AvgIpc) is 2.59. The van der Waals surface area contributed by atoms with Crippen molar-refractivity contribution < 1.29 is 13.2 Å². The molecule has 0 unspecified atom stereocenters. The summed E-state index contributed by atoms with van der Waals surface area (Å²) in [5.74, 6) is -0.215. The first kappa shape index (κ1) is 10.6. The van der Waals surface area contributed by atoms with Gasteiger partial charge in [-0.05, 0) is 12.1 Å². The van der Waals surface area contributed by atoms with Crippen LogP contribution in [0.5, 0.6) is 0 Å². The average molecular weight is 239 g/mol. The Balaban J connectivity index is 2.58. The third-order valence-electron chi connectivity index (χ3n) is 1.99. The number of aromatic nitrogens is 2. The molecule has 0 aliphatic heterocycles. The van der Waals surface area contributed by atoms with Crippen LogP contribution in [0.15, 0.2) is 29.6 Å². The first-order valence-electron chi connectivity index (χ1n) is 4.47. The molecule has 16 heavy (non-hydrogen) atoms. The number of fused-ring (bicyclic) bond motifs is 1. The van der Waals surface area contributed by atoms with Gasteiger partial charge in [0.1, 0.15) is 5.65 Å². The number of imidazole rings is 1. The van der Waals surface area contributed by atoms with E-state index in [1.54, 1.807) is 12.1 Å². The van der Waals surface area contributed by atoms with E-state index < -0.39 is 10.7 Å². The first-order chi connectivity index (χ1) is 7.58. The maximum absolute atomic E-state index is 10.9. The molecule has 84 valence electrons. The molecule has 7 heteroatoms. The van der Waals surface area contributed by atoms with E-state index in [-0.39, 0.29) is 10.9 Å². The van der Waals surface area contributed by atoms with Gasteiger partial charge in [0.15, 0.2) is 15.7 Å². The van der Waals surface area contributed by atoms with Crippen molar-refractivity contribution in [1.29, 1.82) is 0 Å².